The van der Waals surface area contributed by atoms with Gasteiger partial charge in [-0.05, 0) is 56.0 Å². The van der Waals surface area contributed by atoms with E-state index in [1.807, 2.05) is 30.0 Å². The van der Waals surface area contributed by atoms with Crippen LogP contribution in [-0.4, -0.2) is 37.0 Å². The molecule has 19 heavy (non-hydrogen) atoms. The van der Waals surface area contributed by atoms with Crippen LogP contribution in [0.4, 0.5) is 0 Å². The lowest BCUT2D eigenvalue weighted by Crippen LogP contribution is -2.43. The molecule has 2 aliphatic rings. The number of carbonyl (C=O) groups is 1. The predicted molar refractivity (Wildman–Crippen MR) is 79.2 cm³/mol. The van der Waals surface area contributed by atoms with Gasteiger partial charge in [0.2, 0.25) is 0 Å². The van der Waals surface area contributed by atoms with E-state index in [2.05, 4.69) is 21.2 Å². The third kappa shape index (κ3) is 2.56. The van der Waals surface area contributed by atoms with Crippen LogP contribution in [0, 0.1) is 18.8 Å². The maximum absolute atomic E-state index is 12.5. The number of hydrogen-bond donors (Lipinski definition) is 1. The minimum Gasteiger partial charge on any atom is -0.338 e. The van der Waals surface area contributed by atoms with Crippen LogP contribution in [0.1, 0.15) is 22.3 Å². The van der Waals surface area contributed by atoms with Crippen molar-refractivity contribution in [3.8, 4) is 0 Å². The van der Waals surface area contributed by atoms with Crippen molar-refractivity contribution in [3.05, 3.63) is 33.8 Å². The van der Waals surface area contributed by atoms with Crippen molar-refractivity contribution >= 4 is 21.8 Å². The molecule has 2 atom stereocenters. The van der Waals surface area contributed by atoms with E-state index in [-0.39, 0.29) is 5.91 Å². The SMILES string of the molecule is Cc1ccc(C(=O)N2CCC3CNCC3C2)cc1Br. The van der Waals surface area contributed by atoms with Crippen LogP contribution in [-0.2, 0) is 0 Å². The van der Waals surface area contributed by atoms with Gasteiger partial charge in [-0.1, -0.05) is 22.0 Å². The molecule has 0 aromatic heterocycles. The number of amides is 1. The Morgan fingerprint density at radius 3 is 2.95 bits per heavy atom. The number of piperidine rings is 1. The van der Waals surface area contributed by atoms with Gasteiger partial charge in [-0.15, -0.1) is 0 Å². The van der Waals surface area contributed by atoms with Crippen molar-refractivity contribution in [3.63, 3.8) is 0 Å². The van der Waals surface area contributed by atoms with Gasteiger partial charge in [0.05, 0.1) is 0 Å². The second-order valence-corrected chi connectivity index (χ2v) is 6.54. The minimum atomic E-state index is 0.172. The molecule has 0 bridgehead atoms. The maximum atomic E-state index is 12.5. The van der Waals surface area contributed by atoms with Crippen LogP contribution in [0.25, 0.3) is 0 Å². The Hall–Kier alpha value is -0.870. The van der Waals surface area contributed by atoms with Crippen molar-refractivity contribution < 1.29 is 4.79 Å². The molecule has 1 N–H and O–H groups in total. The molecule has 1 aromatic rings. The molecule has 0 spiro atoms. The highest BCUT2D eigenvalue weighted by Gasteiger charge is 2.34. The zero-order chi connectivity index (χ0) is 13.4. The first-order valence-electron chi connectivity index (χ1n) is 6.91. The van der Waals surface area contributed by atoms with Gasteiger partial charge in [0.25, 0.3) is 5.91 Å². The first-order chi connectivity index (χ1) is 9.15. The quantitative estimate of drug-likeness (QED) is 0.861. The molecule has 2 aliphatic heterocycles. The summed E-state index contributed by atoms with van der Waals surface area (Å²) in [5, 5.41) is 3.43. The number of likely N-dealkylation sites (tertiary alicyclic amines) is 1. The smallest absolute Gasteiger partial charge is 0.253 e. The van der Waals surface area contributed by atoms with Crippen LogP contribution in [0.2, 0.25) is 0 Å². The summed E-state index contributed by atoms with van der Waals surface area (Å²) in [6, 6.07) is 5.87. The van der Waals surface area contributed by atoms with Gasteiger partial charge in [0.15, 0.2) is 0 Å². The summed E-state index contributed by atoms with van der Waals surface area (Å²) in [6.45, 7) is 6.03. The van der Waals surface area contributed by atoms with Gasteiger partial charge in [0, 0.05) is 23.1 Å². The molecule has 2 heterocycles. The number of hydrogen-bond acceptors (Lipinski definition) is 2. The predicted octanol–water partition coefficient (Wildman–Crippen LogP) is 2.44. The summed E-state index contributed by atoms with van der Waals surface area (Å²) in [5.41, 5.74) is 1.96. The average Bonchev–Trinajstić information content (AvgIpc) is 2.88. The normalized spacial score (nSPS) is 26.3. The number of carbonyl (C=O) groups excluding carboxylic acids is 1. The highest BCUT2D eigenvalue weighted by atomic mass is 79.9. The fourth-order valence-corrected chi connectivity index (χ4v) is 3.51. The van der Waals surface area contributed by atoms with Crippen molar-refractivity contribution in [1.82, 2.24) is 10.2 Å². The lowest BCUT2D eigenvalue weighted by molar-refractivity contribution is 0.0642. The monoisotopic (exact) mass is 322 g/mol. The molecule has 102 valence electrons. The summed E-state index contributed by atoms with van der Waals surface area (Å²) in [4.78, 5) is 14.6. The maximum Gasteiger partial charge on any atom is 0.253 e. The van der Waals surface area contributed by atoms with Gasteiger partial charge < -0.3 is 10.2 Å². The molecule has 3 rings (SSSR count). The zero-order valence-corrected chi connectivity index (χ0v) is 12.7. The molecule has 4 heteroatoms. The van der Waals surface area contributed by atoms with Crippen molar-refractivity contribution in [1.29, 1.82) is 0 Å². The number of aryl methyl sites for hydroxylation is 1. The average molecular weight is 323 g/mol. The van der Waals surface area contributed by atoms with Crippen LogP contribution in [0.5, 0.6) is 0 Å². The molecule has 0 aliphatic carbocycles. The van der Waals surface area contributed by atoms with E-state index >= 15 is 0 Å². The summed E-state index contributed by atoms with van der Waals surface area (Å²) in [7, 11) is 0. The number of nitrogens with zero attached hydrogens (tertiary/aromatic N) is 1. The van der Waals surface area contributed by atoms with Gasteiger partial charge in [-0.3, -0.25) is 4.79 Å². The zero-order valence-electron chi connectivity index (χ0n) is 11.2. The van der Waals surface area contributed by atoms with Gasteiger partial charge in [-0.25, -0.2) is 0 Å². The van der Waals surface area contributed by atoms with Gasteiger partial charge >= 0.3 is 0 Å². The first-order valence-corrected chi connectivity index (χ1v) is 7.70. The van der Waals surface area contributed by atoms with E-state index in [0.29, 0.717) is 5.92 Å². The van der Waals surface area contributed by atoms with E-state index in [1.54, 1.807) is 0 Å². The molecule has 2 unspecified atom stereocenters. The Labute approximate surface area is 122 Å². The van der Waals surface area contributed by atoms with E-state index in [4.69, 9.17) is 0 Å². The molecule has 0 saturated carbocycles. The van der Waals surface area contributed by atoms with Gasteiger partial charge in [-0.2, -0.15) is 0 Å². The molecule has 1 amide bonds. The van der Waals surface area contributed by atoms with Crippen molar-refractivity contribution in [2.24, 2.45) is 11.8 Å². The Balaban J connectivity index is 1.74. The lowest BCUT2D eigenvalue weighted by atomic mass is 9.88. The Morgan fingerprint density at radius 1 is 1.37 bits per heavy atom. The third-order valence-electron chi connectivity index (χ3n) is 4.41. The third-order valence-corrected chi connectivity index (χ3v) is 5.26. The molecular weight excluding hydrogens is 304 g/mol. The van der Waals surface area contributed by atoms with Gasteiger partial charge in [0.1, 0.15) is 0 Å². The lowest BCUT2D eigenvalue weighted by Gasteiger charge is -2.34. The molecular formula is C15H19BrN2O. The number of rotatable bonds is 1. The summed E-state index contributed by atoms with van der Waals surface area (Å²) in [5.74, 6) is 1.59. The Morgan fingerprint density at radius 2 is 2.16 bits per heavy atom. The standard InChI is InChI=1S/C15H19BrN2O/c1-10-2-3-11(6-14(10)16)15(19)18-5-4-12-7-17-8-13(12)9-18/h2-3,6,12-13,17H,4-5,7-9H2,1H3. The summed E-state index contributed by atoms with van der Waals surface area (Å²) >= 11 is 3.50. The number of fused-ring (bicyclic) bond motifs is 1. The van der Waals surface area contributed by atoms with E-state index < -0.39 is 0 Å². The minimum absolute atomic E-state index is 0.172. The molecule has 1 aromatic carbocycles. The van der Waals surface area contributed by atoms with E-state index in [0.717, 1.165) is 54.1 Å². The molecule has 2 saturated heterocycles. The van der Waals surface area contributed by atoms with Crippen LogP contribution >= 0.6 is 15.9 Å². The van der Waals surface area contributed by atoms with Crippen molar-refractivity contribution in [2.75, 3.05) is 26.2 Å². The molecule has 2 fully saturated rings. The number of halogens is 1. The second-order valence-electron chi connectivity index (χ2n) is 5.68. The Kier molecular flexibility index (Phi) is 3.63. The van der Waals surface area contributed by atoms with Crippen molar-refractivity contribution in [2.45, 2.75) is 13.3 Å². The Bertz CT molecular complexity index is 503. The fraction of sp³-hybridized carbons (Fsp3) is 0.533. The molecule has 0 radical (unpaired) electrons. The topological polar surface area (TPSA) is 32.3 Å². The van der Waals surface area contributed by atoms with E-state index in [1.165, 1.54) is 0 Å². The van der Waals surface area contributed by atoms with Crippen LogP contribution in [0.15, 0.2) is 22.7 Å². The van der Waals surface area contributed by atoms with E-state index in [9.17, 15) is 4.79 Å². The first kappa shape index (κ1) is 13.1. The number of benzene rings is 1. The number of nitrogens with one attached hydrogen (secondary N) is 1. The van der Waals surface area contributed by atoms with Crippen LogP contribution < -0.4 is 5.32 Å². The second kappa shape index (κ2) is 5.25. The highest BCUT2D eigenvalue weighted by Crippen LogP contribution is 2.28. The fourth-order valence-electron chi connectivity index (χ4n) is 3.13. The highest BCUT2D eigenvalue weighted by molar-refractivity contribution is 9.10. The summed E-state index contributed by atoms with van der Waals surface area (Å²) in [6.07, 6.45) is 1.14. The largest absolute Gasteiger partial charge is 0.338 e. The summed E-state index contributed by atoms with van der Waals surface area (Å²) < 4.78 is 1.01. The molecule has 3 nitrogen and oxygen atoms in total. The van der Waals surface area contributed by atoms with Crippen LogP contribution in [0.3, 0.4) is 0 Å².